The maximum atomic E-state index is 5.40. The summed E-state index contributed by atoms with van der Waals surface area (Å²) in [7, 11) is 2.13. The van der Waals surface area contributed by atoms with Crippen molar-refractivity contribution in [1.82, 2.24) is 14.9 Å². The SMILES string of the molecule is CCc1nc(NN)cc(NC2CCN(C)C2)n1. The zero-order chi connectivity index (χ0) is 12.3. The fourth-order valence-electron chi connectivity index (χ4n) is 2.07. The predicted octanol–water partition coefficient (Wildman–Crippen LogP) is 0.441. The summed E-state index contributed by atoms with van der Waals surface area (Å²) < 4.78 is 0. The van der Waals surface area contributed by atoms with Crippen LogP contribution in [0.1, 0.15) is 19.2 Å². The van der Waals surface area contributed by atoms with Crippen molar-refractivity contribution in [3.05, 3.63) is 11.9 Å². The Morgan fingerprint density at radius 2 is 2.24 bits per heavy atom. The molecule has 2 heterocycles. The van der Waals surface area contributed by atoms with Crippen molar-refractivity contribution in [3.8, 4) is 0 Å². The molecule has 0 bridgehead atoms. The molecule has 0 amide bonds. The number of hydrazine groups is 1. The summed E-state index contributed by atoms with van der Waals surface area (Å²) in [4.78, 5) is 11.0. The van der Waals surface area contributed by atoms with E-state index in [-0.39, 0.29) is 0 Å². The molecule has 2 rings (SSSR count). The zero-order valence-corrected chi connectivity index (χ0v) is 10.4. The van der Waals surface area contributed by atoms with Crippen molar-refractivity contribution in [3.63, 3.8) is 0 Å². The van der Waals surface area contributed by atoms with Crippen molar-refractivity contribution in [1.29, 1.82) is 0 Å². The number of rotatable bonds is 4. The van der Waals surface area contributed by atoms with Gasteiger partial charge in [0, 0.05) is 25.1 Å². The minimum absolute atomic E-state index is 0.463. The van der Waals surface area contributed by atoms with Gasteiger partial charge in [0.2, 0.25) is 0 Å². The fraction of sp³-hybridized carbons (Fsp3) is 0.636. The van der Waals surface area contributed by atoms with Crippen molar-refractivity contribution >= 4 is 11.6 Å². The molecule has 0 spiro atoms. The Bertz CT molecular complexity index is 358. The van der Waals surface area contributed by atoms with Gasteiger partial charge < -0.3 is 15.6 Å². The van der Waals surface area contributed by atoms with Gasteiger partial charge in [0.25, 0.3) is 0 Å². The Kier molecular flexibility index (Phi) is 3.75. The lowest BCUT2D eigenvalue weighted by molar-refractivity contribution is 0.414. The minimum Gasteiger partial charge on any atom is -0.366 e. The summed E-state index contributed by atoms with van der Waals surface area (Å²) in [6.07, 6.45) is 1.95. The van der Waals surface area contributed by atoms with Gasteiger partial charge >= 0.3 is 0 Å². The first kappa shape index (κ1) is 12.1. The number of hydrogen-bond donors (Lipinski definition) is 3. The number of likely N-dealkylation sites (N-methyl/N-ethyl adjacent to an activating group) is 1. The predicted molar refractivity (Wildman–Crippen MR) is 68.7 cm³/mol. The topological polar surface area (TPSA) is 79.1 Å². The first-order valence-corrected chi connectivity index (χ1v) is 6.01. The summed E-state index contributed by atoms with van der Waals surface area (Å²) in [6.45, 7) is 4.21. The Morgan fingerprint density at radius 3 is 2.82 bits per heavy atom. The van der Waals surface area contributed by atoms with Gasteiger partial charge in [0.1, 0.15) is 17.5 Å². The average Bonchev–Trinajstić information content (AvgIpc) is 2.74. The summed E-state index contributed by atoms with van der Waals surface area (Å²) >= 11 is 0. The van der Waals surface area contributed by atoms with Crippen molar-refractivity contribution in [2.75, 3.05) is 30.9 Å². The van der Waals surface area contributed by atoms with E-state index in [0.29, 0.717) is 11.9 Å². The van der Waals surface area contributed by atoms with Gasteiger partial charge in [-0.15, -0.1) is 0 Å². The highest BCUT2D eigenvalue weighted by molar-refractivity contribution is 5.47. The lowest BCUT2D eigenvalue weighted by atomic mass is 10.2. The number of nitrogens with zero attached hydrogens (tertiary/aromatic N) is 3. The third-order valence-electron chi connectivity index (χ3n) is 2.98. The standard InChI is InChI=1S/C11H20N6/c1-3-9-14-10(6-11(15-9)16-12)13-8-4-5-17(2)7-8/h6,8H,3-5,7,12H2,1-2H3,(H2,13,14,15,16). The molecule has 1 fully saturated rings. The van der Waals surface area contributed by atoms with Crippen LogP contribution in [-0.4, -0.2) is 41.0 Å². The summed E-state index contributed by atoms with van der Waals surface area (Å²) in [6, 6.07) is 2.31. The van der Waals surface area contributed by atoms with Crippen LogP contribution in [0.4, 0.5) is 11.6 Å². The number of aromatic nitrogens is 2. The number of aryl methyl sites for hydroxylation is 1. The smallest absolute Gasteiger partial charge is 0.145 e. The van der Waals surface area contributed by atoms with Gasteiger partial charge in [0.05, 0.1) is 0 Å². The van der Waals surface area contributed by atoms with Crippen LogP contribution in [0.5, 0.6) is 0 Å². The second kappa shape index (κ2) is 5.29. The van der Waals surface area contributed by atoms with E-state index in [2.05, 4.69) is 32.7 Å². The van der Waals surface area contributed by atoms with E-state index >= 15 is 0 Å². The molecule has 0 aliphatic carbocycles. The van der Waals surface area contributed by atoms with Gasteiger partial charge in [-0.2, -0.15) is 0 Å². The van der Waals surface area contributed by atoms with Crippen molar-refractivity contribution in [2.45, 2.75) is 25.8 Å². The number of likely N-dealkylation sites (tertiary alicyclic amines) is 1. The minimum atomic E-state index is 0.463. The van der Waals surface area contributed by atoms with E-state index in [4.69, 9.17) is 5.84 Å². The van der Waals surface area contributed by atoms with Crippen LogP contribution in [0.2, 0.25) is 0 Å². The molecule has 1 aromatic heterocycles. The van der Waals surface area contributed by atoms with Crippen molar-refractivity contribution < 1.29 is 0 Å². The highest BCUT2D eigenvalue weighted by Gasteiger charge is 2.19. The van der Waals surface area contributed by atoms with Gasteiger partial charge in [-0.3, -0.25) is 0 Å². The Labute approximate surface area is 102 Å². The maximum absolute atomic E-state index is 5.40. The molecular weight excluding hydrogens is 216 g/mol. The van der Waals surface area contributed by atoms with Gasteiger partial charge in [-0.1, -0.05) is 6.92 Å². The monoisotopic (exact) mass is 236 g/mol. The third-order valence-corrected chi connectivity index (χ3v) is 2.98. The molecule has 1 unspecified atom stereocenters. The van der Waals surface area contributed by atoms with E-state index in [1.807, 2.05) is 13.0 Å². The molecule has 1 aliphatic heterocycles. The largest absolute Gasteiger partial charge is 0.366 e. The zero-order valence-electron chi connectivity index (χ0n) is 10.4. The van der Waals surface area contributed by atoms with Gasteiger partial charge in [0.15, 0.2) is 0 Å². The van der Waals surface area contributed by atoms with E-state index in [9.17, 15) is 0 Å². The number of hydrogen-bond acceptors (Lipinski definition) is 6. The molecule has 0 radical (unpaired) electrons. The van der Waals surface area contributed by atoms with E-state index in [0.717, 1.165) is 37.6 Å². The number of nitrogens with two attached hydrogens (primary N) is 1. The highest BCUT2D eigenvalue weighted by atomic mass is 15.3. The third kappa shape index (κ3) is 3.04. The van der Waals surface area contributed by atoms with Crippen LogP contribution in [0.15, 0.2) is 6.07 Å². The molecule has 1 saturated heterocycles. The molecule has 1 aromatic rings. The van der Waals surface area contributed by atoms with Crippen LogP contribution in [0, 0.1) is 0 Å². The van der Waals surface area contributed by atoms with Crippen LogP contribution in [0.3, 0.4) is 0 Å². The first-order valence-electron chi connectivity index (χ1n) is 6.01. The van der Waals surface area contributed by atoms with E-state index in [1.54, 1.807) is 0 Å². The number of nitrogens with one attached hydrogen (secondary N) is 2. The molecular formula is C11H20N6. The Balaban J connectivity index is 2.09. The molecule has 1 aliphatic rings. The lowest BCUT2D eigenvalue weighted by Crippen LogP contribution is -2.24. The summed E-state index contributed by atoms with van der Waals surface area (Å²) in [5, 5.41) is 3.43. The molecule has 4 N–H and O–H groups in total. The summed E-state index contributed by atoms with van der Waals surface area (Å²) in [5.74, 6) is 7.71. The highest BCUT2D eigenvalue weighted by Crippen LogP contribution is 2.15. The quantitative estimate of drug-likeness (QED) is 0.520. The second-order valence-electron chi connectivity index (χ2n) is 4.44. The summed E-state index contributed by atoms with van der Waals surface area (Å²) in [5.41, 5.74) is 2.57. The number of nitrogen functional groups attached to an aromatic ring is 1. The van der Waals surface area contributed by atoms with Gasteiger partial charge in [-0.25, -0.2) is 15.8 Å². The van der Waals surface area contributed by atoms with Crippen molar-refractivity contribution in [2.24, 2.45) is 5.84 Å². The molecule has 6 heteroatoms. The first-order chi connectivity index (χ1) is 8.21. The molecule has 94 valence electrons. The Hall–Kier alpha value is -1.40. The van der Waals surface area contributed by atoms with E-state index in [1.165, 1.54) is 0 Å². The maximum Gasteiger partial charge on any atom is 0.145 e. The Morgan fingerprint density at radius 1 is 1.47 bits per heavy atom. The number of anilines is 2. The molecule has 6 nitrogen and oxygen atoms in total. The molecule has 17 heavy (non-hydrogen) atoms. The van der Waals surface area contributed by atoms with Crippen LogP contribution >= 0.6 is 0 Å². The lowest BCUT2D eigenvalue weighted by Gasteiger charge is -2.14. The molecule has 0 saturated carbocycles. The second-order valence-corrected chi connectivity index (χ2v) is 4.44. The van der Waals surface area contributed by atoms with Crippen LogP contribution < -0.4 is 16.6 Å². The molecule has 1 atom stereocenters. The fourth-order valence-corrected chi connectivity index (χ4v) is 2.07. The molecule has 0 aromatic carbocycles. The van der Waals surface area contributed by atoms with E-state index < -0.39 is 0 Å². The average molecular weight is 236 g/mol. The van der Waals surface area contributed by atoms with Crippen LogP contribution in [-0.2, 0) is 6.42 Å². The van der Waals surface area contributed by atoms with Crippen LogP contribution in [0.25, 0.3) is 0 Å². The van der Waals surface area contributed by atoms with Gasteiger partial charge in [-0.05, 0) is 20.0 Å². The normalized spacial score (nSPS) is 20.5.